The topological polar surface area (TPSA) is 25.4 Å². The second-order valence-electron chi connectivity index (χ2n) is 6.39. The number of rotatable bonds is 4. The number of nitrogens with zero attached hydrogens (tertiary/aromatic N) is 2. The van der Waals surface area contributed by atoms with Gasteiger partial charge in [-0.1, -0.05) is 42.4 Å². The van der Waals surface area contributed by atoms with E-state index in [1.165, 1.54) is 21.2 Å². The van der Waals surface area contributed by atoms with Crippen molar-refractivity contribution < 1.29 is 4.74 Å². The van der Waals surface area contributed by atoms with Crippen LogP contribution in [0.3, 0.4) is 0 Å². The highest BCUT2D eigenvalue weighted by Gasteiger charge is 2.26. The zero-order valence-electron chi connectivity index (χ0n) is 15.6. The largest absolute Gasteiger partial charge is 0.494 e. The van der Waals surface area contributed by atoms with Crippen LogP contribution < -0.4 is 9.64 Å². The van der Waals surface area contributed by atoms with Crippen molar-refractivity contribution in [3.63, 3.8) is 0 Å². The summed E-state index contributed by atoms with van der Waals surface area (Å²) in [5, 5.41) is 3.02. The molecule has 1 aliphatic heterocycles. The lowest BCUT2D eigenvalue weighted by molar-refractivity contribution is 0.339. The van der Waals surface area contributed by atoms with Crippen molar-refractivity contribution >= 4 is 45.5 Å². The van der Waals surface area contributed by atoms with Gasteiger partial charge in [-0.15, -0.1) is 0 Å². The van der Waals surface area contributed by atoms with Crippen molar-refractivity contribution in [2.45, 2.75) is 25.2 Å². The van der Waals surface area contributed by atoms with Gasteiger partial charge in [-0.25, -0.2) is 4.98 Å². The van der Waals surface area contributed by atoms with Crippen molar-refractivity contribution in [1.82, 2.24) is 4.98 Å². The quantitative estimate of drug-likeness (QED) is 0.495. The number of pyridine rings is 1. The maximum absolute atomic E-state index is 6.16. The first-order chi connectivity index (χ1) is 13.1. The molecular formula is C22H21ClN2OS. The van der Waals surface area contributed by atoms with Crippen molar-refractivity contribution in [2.75, 3.05) is 18.6 Å². The fourth-order valence-corrected chi connectivity index (χ4v) is 4.82. The van der Waals surface area contributed by atoms with Gasteiger partial charge in [-0.05, 0) is 49.7 Å². The minimum Gasteiger partial charge on any atom is -0.494 e. The molecule has 0 amide bonds. The van der Waals surface area contributed by atoms with Crippen molar-refractivity contribution in [3.05, 3.63) is 64.3 Å². The monoisotopic (exact) mass is 396 g/mol. The molecule has 1 aliphatic rings. The van der Waals surface area contributed by atoms with Gasteiger partial charge in [0.2, 0.25) is 0 Å². The third-order valence-corrected chi connectivity index (χ3v) is 6.19. The molecule has 0 aliphatic carbocycles. The lowest BCUT2D eigenvalue weighted by Gasteiger charge is -2.18. The Morgan fingerprint density at radius 2 is 1.93 bits per heavy atom. The van der Waals surface area contributed by atoms with Crippen LogP contribution in [0.2, 0.25) is 5.02 Å². The summed E-state index contributed by atoms with van der Waals surface area (Å²) in [6.45, 7) is 4.85. The van der Waals surface area contributed by atoms with E-state index in [-0.39, 0.29) is 0 Å². The third-order valence-electron chi connectivity index (χ3n) is 4.69. The average Bonchev–Trinajstić information content (AvgIpc) is 2.98. The summed E-state index contributed by atoms with van der Waals surface area (Å²) < 4.78 is 5.66. The minimum atomic E-state index is 0.672. The summed E-state index contributed by atoms with van der Waals surface area (Å²) >= 11 is 7.94. The lowest BCUT2D eigenvalue weighted by atomic mass is 10.1. The van der Waals surface area contributed by atoms with Crippen molar-refractivity contribution in [3.8, 4) is 5.75 Å². The van der Waals surface area contributed by atoms with Gasteiger partial charge >= 0.3 is 0 Å². The predicted octanol–water partition coefficient (Wildman–Crippen LogP) is 6.61. The van der Waals surface area contributed by atoms with Crippen LogP contribution >= 0.6 is 23.4 Å². The molecule has 0 atom stereocenters. The molecule has 0 saturated carbocycles. The van der Waals surface area contributed by atoms with E-state index >= 15 is 0 Å². The predicted molar refractivity (Wildman–Crippen MR) is 116 cm³/mol. The van der Waals surface area contributed by atoms with E-state index < -0.39 is 0 Å². The van der Waals surface area contributed by atoms with E-state index in [1.54, 1.807) is 11.8 Å². The number of ether oxygens (including phenoxy) is 1. The Kier molecular flexibility index (Phi) is 5.02. The number of benzene rings is 2. The molecule has 5 heteroatoms. The molecule has 3 nitrogen and oxygen atoms in total. The fraction of sp³-hybridized carbons (Fsp3) is 0.227. The Labute approximate surface area is 169 Å². The molecule has 0 bridgehead atoms. The standard InChI is InChI=1S/C22H21ClN2OS/c1-4-17(18-10-7-14-6-8-15(23)12-19(14)24-18)22-25(3)20-11-9-16(26-5-2)13-21(20)27-22/h6-13H,4-5H2,1-3H3. The SMILES string of the molecule is CCOc1ccc2c(c1)SC(=C(CC)c1ccc3ccc(Cl)cc3n1)N2C. The van der Waals surface area contributed by atoms with E-state index in [1.807, 2.05) is 31.2 Å². The summed E-state index contributed by atoms with van der Waals surface area (Å²) in [6.07, 6.45) is 0.901. The summed E-state index contributed by atoms with van der Waals surface area (Å²) in [4.78, 5) is 8.35. The molecule has 0 saturated heterocycles. The van der Waals surface area contributed by atoms with Crippen molar-refractivity contribution in [1.29, 1.82) is 0 Å². The Bertz CT molecular complexity index is 1050. The van der Waals surface area contributed by atoms with Gasteiger partial charge in [0.1, 0.15) is 5.75 Å². The lowest BCUT2D eigenvalue weighted by Crippen LogP contribution is -2.12. The first-order valence-corrected chi connectivity index (χ1v) is 10.3. The zero-order chi connectivity index (χ0) is 19.0. The third kappa shape index (κ3) is 3.40. The molecule has 0 spiro atoms. The van der Waals surface area contributed by atoms with Gasteiger partial charge in [0, 0.05) is 27.9 Å². The summed E-state index contributed by atoms with van der Waals surface area (Å²) in [6, 6.07) is 16.3. The molecule has 0 radical (unpaired) electrons. The second kappa shape index (κ2) is 7.45. The molecule has 4 rings (SSSR count). The molecule has 3 aromatic rings. The van der Waals surface area contributed by atoms with Crippen molar-refractivity contribution in [2.24, 2.45) is 0 Å². The smallest absolute Gasteiger partial charge is 0.120 e. The molecule has 2 aromatic carbocycles. The summed E-state index contributed by atoms with van der Waals surface area (Å²) in [5.74, 6) is 0.912. The van der Waals surface area contributed by atoms with Crippen LogP contribution in [0, 0.1) is 0 Å². The van der Waals surface area contributed by atoms with E-state index in [2.05, 4.69) is 43.1 Å². The maximum atomic E-state index is 6.16. The number of fused-ring (bicyclic) bond motifs is 2. The van der Waals surface area contributed by atoms with Gasteiger partial charge in [0.15, 0.2) is 0 Å². The van der Waals surface area contributed by atoms with Gasteiger partial charge < -0.3 is 9.64 Å². The first-order valence-electron chi connectivity index (χ1n) is 9.09. The van der Waals surface area contributed by atoms with Crippen LogP contribution in [0.4, 0.5) is 5.69 Å². The maximum Gasteiger partial charge on any atom is 0.120 e. The van der Waals surface area contributed by atoms with E-state index in [0.29, 0.717) is 11.6 Å². The number of hydrogen-bond donors (Lipinski definition) is 0. The fourth-order valence-electron chi connectivity index (χ4n) is 3.36. The van der Waals surface area contributed by atoms with Gasteiger partial charge in [0.25, 0.3) is 0 Å². The van der Waals surface area contributed by atoms with E-state index in [0.717, 1.165) is 28.8 Å². The van der Waals surface area contributed by atoms with Crippen LogP contribution in [0.15, 0.2) is 58.5 Å². The minimum absolute atomic E-state index is 0.672. The number of anilines is 1. The Balaban J connectivity index is 1.78. The highest BCUT2D eigenvalue weighted by atomic mass is 35.5. The molecule has 1 aromatic heterocycles. The number of halogens is 1. The second-order valence-corrected chi connectivity index (χ2v) is 7.86. The number of thioether (sulfide) groups is 1. The number of hydrogen-bond acceptors (Lipinski definition) is 4. The summed E-state index contributed by atoms with van der Waals surface area (Å²) in [7, 11) is 2.11. The Morgan fingerprint density at radius 1 is 1.11 bits per heavy atom. The van der Waals surface area contributed by atoms with E-state index in [4.69, 9.17) is 21.3 Å². The van der Waals surface area contributed by atoms with Gasteiger partial charge in [-0.3, -0.25) is 0 Å². The average molecular weight is 397 g/mol. The molecule has 138 valence electrons. The molecule has 0 fully saturated rings. The number of aromatic nitrogens is 1. The van der Waals surface area contributed by atoms with Crippen LogP contribution in [0.1, 0.15) is 26.0 Å². The van der Waals surface area contributed by atoms with Crippen LogP contribution in [0.25, 0.3) is 16.5 Å². The molecule has 2 heterocycles. The summed E-state index contributed by atoms with van der Waals surface area (Å²) in [5.41, 5.74) is 4.36. The van der Waals surface area contributed by atoms with Crippen LogP contribution in [-0.2, 0) is 0 Å². The highest BCUT2D eigenvalue weighted by Crippen LogP contribution is 2.49. The van der Waals surface area contributed by atoms with Gasteiger partial charge in [-0.2, -0.15) is 0 Å². The zero-order valence-corrected chi connectivity index (χ0v) is 17.2. The number of allylic oxidation sites excluding steroid dienone is 1. The van der Waals surface area contributed by atoms with Gasteiger partial charge in [0.05, 0.1) is 28.5 Å². The first kappa shape index (κ1) is 18.2. The Morgan fingerprint density at radius 3 is 2.70 bits per heavy atom. The van der Waals surface area contributed by atoms with Crippen LogP contribution in [-0.4, -0.2) is 18.6 Å². The molecule has 0 N–H and O–H groups in total. The molecule has 27 heavy (non-hydrogen) atoms. The van der Waals surface area contributed by atoms with E-state index in [9.17, 15) is 0 Å². The highest BCUT2D eigenvalue weighted by molar-refractivity contribution is 8.04. The Hall–Kier alpha value is -2.17. The molecule has 0 unspecified atom stereocenters. The molecular weight excluding hydrogens is 376 g/mol. The van der Waals surface area contributed by atoms with Crippen LogP contribution in [0.5, 0.6) is 5.75 Å². The normalized spacial score (nSPS) is 15.2.